The van der Waals surface area contributed by atoms with E-state index < -0.39 is 0 Å². The zero-order valence-corrected chi connectivity index (χ0v) is 19.6. The summed E-state index contributed by atoms with van der Waals surface area (Å²) >= 11 is 0. The number of hydrogen-bond donors (Lipinski definition) is 2. The van der Waals surface area contributed by atoms with Gasteiger partial charge in [0.15, 0.2) is 11.8 Å². The molecule has 0 radical (unpaired) electrons. The minimum absolute atomic E-state index is 0.275. The topological polar surface area (TPSA) is 79.6 Å². The van der Waals surface area contributed by atoms with Gasteiger partial charge in [0.1, 0.15) is 12.4 Å². The zero-order valence-electron chi connectivity index (χ0n) is 19.6. The third-order valence-electron chi connectivity index (χ3n) is 6.65. The highest BCUT2D eigenvalue weighted by Gasteiger charge is 2.26. The molecule has 0 amide bonds. The second-order valence-corrected chi connectivity index (χ2v) is 9.04. The van der Waals surface area contributed by atoms with Crippen LogP contribution in [0.1, 0.15) is 49.4 Å². The summed E-state index contributed by atoms with van der Waals surface area (Å²) in [4.78, 5) is 11.7. The van der Waals surface area contributed by atoms with Crippen molar-refractivity contribution in [2.24, 2.45) is 10.9 Å². The fourth-order valence-corrected chi connectivity index (χ4v) is 4.72. The van der Waals surface area contributed by atoms with Crippen molar-refractivity contribution >= 4 is 5.96 Å². The molecule has 1 aromatic heterocycles. The maximum atomic E-state index is 5.17. The lowest BCUT2D eigenvalue weighted by Gasteiger charge is -2.37. The van der Waals surface area contributed by atoms with Gasteiger partial charge in [-0.25, -0.2) is 9.67 Å². The molecule has 174 valence electrons. The number of piperidine rings is 1. The van der Waals surface area contributed by atoms with E-state index in [4.69, 9.17) is 4.74 Å². The molecule has 2 N–H and O–H groups in total. The predicted molar refractivity (Wildman–Crippen MR) is 126 cm³/mol. The summed E-state index contributed by atoms with van der Waals surface area (Å²) in [7, 11) is 3.52. The summed E-state index contributed by atoms with van der Waals surface area (Å²) in [6.07, 6.45) is 4.45. The molecule has 2 atom stereocenters. The number of nitrogens with one attached hydrogen (secondary N) is 2. The fourth-order valence-electron chi connectivity index (χ4n) is 4.72. The van der Waals surface area contributed by atoms with Gasteiger partial charge in [-0.05, 0) is 43.8 Å². The Hall–Kier alpha value is -2.45. The number of likely N-dealkylation sites (tertiary alicyclic amines) is 1. The summed E-state index contributed by atoms with van der Waals surface area (Å²) in [6, 6.07) is 11.5. The molecule has 8 heteroatoms. The van der Waals surface area contributed by atoms with Crippen LogP contribution in [0.25, 0.3) is 0 Å². The molecule has 0 saturated carbocycles. The lowest BCUT2D eigenvalue weighted by atomic mass is 9.95. The molecule has 3 heterocycles. The quantitative estimate of drug-likeness (QED) is 0.509. The number of aliphatic imine (C=N–C) groups is 1. The Morgan fingerprint density at radius 2 is 2.00 bits per heavy atom. The highest BCUT2D eigenvalue weighted by molar-refractivity contribution is 5.80. The lowest BCUT2D eigenvalue weighted by Crippen LogP contribution is -2.49. The summed E-state index contributed by atoms with van der Waals surface area (Å²) in [6.45, 7) is 6.74. The number of aryl methyl sites for hydroxylation is 1. The smallest absolute Gasteiger partial charge is 0.191 e. The molecule has 1 aromatic carbocycles. The first-order valence-corrected chi connectivity index (χ1v) is 11.8. The van der Waals surface area contributed by atoms with E-state index in [1.165, 1.54) is 18.4 Å². The number of fused-ring (bicyclic) bond motifs is 1. The van der Waals surface area contributed by atoms with Gasteiger partial charge in [0.25, 0.3) is 0 Å². The highest BCUT2D eigenvalue weighted by atomic mass is 16.5. The number of rotatable bonds is 7. The van der Waals surface area contributed by atoms with Crippen molar-refractivity contribution in [2.45, 2.75) is 57.8 Å². The van der Waals surface area contributed by atoms with Crippen molar-refractivity contribution in [2.75, 3.05) is 33.8 Å². The van der Waals surface area contributed by atoms with Crippen molar-refractivity contribution in [3.05, 3.63) is 47.5 Å². The van der Waals surface area contributed by atoms with Crippen LogP contribution in [0, 0.1) is 5.92 Å². The molecular weight excluding hydrogens is 402 g/mol. The molecule has 4 rings (SSSR count). The van der Waals surface area contributed by atoms with E-state index in [9.17, 15) is 0 Å². The van der Waals surface area contributed by atoms with Gasteiger partial charge in [-0.15, -0.1) is 0 Å². The average molecular weight is 440 g/mol. The Kier molecular flexibility index (Phi) is 7.76. The minimum Gasteiger partial charge on any atom is -0.377 e. The first-order chi connectivity index (χ1) is 15.7. The average Bonchev–Trinajstić information content (AvgIpc) is 3.22. The van der Waals surface area contributed by atoms with Gasteiger partial charge in [0, 0.05) is 33.2 Å². The Labute approximate surface area is 191 Å². The van der Waals surface area contributed by atoms with Gasteiger partial charge in [-0.3, -0.25) is 9.89 Å². The molecule has 2 aliphatic heterocycles. The van der Waals surface area contributed by atoms with Crippen molar-refractivity contribution < 1.29 is 4.74 Å². The van der Waals surface area contributed by atoms with Crippen LogP contribution in [0.3, 0.4) is 0 Å². The Bertz CT molecular complexity index is 874. The standard InChI is InChI=1S/C24H37N7O/c1-18-11-13-30(14-12-18)21(19-7-5-4-6-8-19)15-26-24(25-2)27-20-9-10-23-28-22(17-32-3)29-31(23)16-20/h4-8,18,20-21H,9-17H2,1-3H3,(H2,25,26,27). The first-order valence-electron chi connectivity index (χ1n) is 11.8. The fraction of sp³-hybridized carbons (Fsp3) is 0.625. The molecule has 8 nitrogen and oxygen atoms in total. The second kappa shape index (κ2) is 10.9. The van der Waals surface area contributed by atoms with Crippen LogP contribution in [0.2, 0.25) is 0 Å². The van der Waals surface area contributed by atoms with Crippen LogP contribution >= 0.6 is 0 Å². The van der Waals surface area contributed by atoms with Gasteiger partial charge in [0.05, 0.1) is 12.6 Å². The molecule has 0 aliphatic carbocycles. The number of hydrogen-bond acceptors (Lipinski definition) is 5. The number of guanidine groups is 1. The molecule has 0 bridgehead atoms. The summed E-state index contributed by atoms with van der Waals surface area (Å²) in [5, 5.41) is 11.8. The van der Waals surface area contributed by atoms with E-state index in [0.29, 0.717) is 12.6 Å². The van der Waals surface area contributed by atoms with E-state index in [0.717, 1.165) is 62.5 Å². The van der Waals surface area contributed by atoms with Crippen LogP contribution in [-0.2, 0) is 24.3 Å². The third-order valence-corrected chi connectivity index (χ3v) is 6.65. The molecule has 1 fully saturated rings. The maximum absolute atomic E-state index is 5.17. The first kappa shape index (κ1) is 22.7. The van der Waals surface area contributed by atoms with E-state index >= 15 is 0 Å². The van der Waals surface area contributed by atoms with Crippen LogP contribution in [-0.4, -0.2) is 65.5 Å². The number of ether oxygens (including phenoxy) is 1. The van der Waals surface area contributed by atoms with Crippen molar-refractivity contribution in [3.8, 4) is 0 Å². The molecular formula is C24H37N7O. The molecule has 32 heavy (non-hydrogen) atoms. The van der Waals surface area contributed by atoms with Crippen molar-refractivity contribution in [1.82, 2.24) is 30.3 Å². The number of benzene rings is 1. The number of methoxy groups -OCH3 is 1. The summed E-state index contributed by atoms with van der Waals surface area (Å²) in [5.74, 6) is 3.47. The monoisotopic (exact) mass is 439 g/mol. The van der Waals surface area contributed by atoms with Gasteiger partial charge in [0.2, 0.25) is 0 Å². The molecule has 2 aliphatic rings. The number of aromatic nitrogens is 3. The minimum atomic E-state index is 0.275. The van der Waals surface area contributed by atoms with Crippen LogP contribution < -0.4 is 10.6 Å². The van der Waals surface area contributed by atoms with Crippen molar-refractivity contribution in [3.63, 3.8) is 0 Å². The van der Waals surface area contributed by atoms with E-state index in [2.05, 4.69) is 67.9 Å². The zero-order chi connectivity index (χ0) is 22.3. The molecule has 2 aromatic rings. The predicted octanol–water partition coefficient (Wildman–Crippen LogP) is 2.38. The summed E-state index contributed by atoms with van der Waals surface area (Å²) in [5.41, 5.74) is 1.36. The van der Waals surface area contributed by atoms with E-state index in [1.807, 2.05) is 11.7 Å². The molecule has 1 saturated heterocycles. The third kappa shape index (κ3) is 5.66. The van der Waals surface area contributed by atoms with Gasteiger partial charge in [-0.1, -0.05) is 37.3 Å². The van der Waals surface area contributed by atoms with Gasteiger partial charge in [-0.2, -0.15) is 5.10 Å². The lowest BCUT2D eigenvalue weighted by molar-refractivity contribution is 0.138. The Morgan fingerprint density at radius 1 is 1.22 bits per heavy atom. The highest BCUT2D eigenvalue weighted by Crippen LogP contribution is 2.26. The Morgan fingerprint density at radius 3 is 2.72 bits per heavy atom. The molecule has 0 spiro atoms. The van der Waals surface area contributed by atoms with Gasteiger partial charge < -0.3 is 15.4 Å². The van der Waals surface area contributed by atoms with Crippen LogP contribution in [0.15, 0.2) is 35.3 Å². The van der Waals surface area contributed by atoms with Crippen LogP contribution in [0.4, 0.5) is 0 Å². The Balaban J connectivity index is 1.36. The van der Waals surface area contributed by atoms with E-state index in [-0.39, 0.29) is 6.04 Å². The maximum Gasteiger partial charge on any atom is 0.191 e. The SMILES string of the molecule is CN=C(NCC(c1ccccc1)N1CCC(C)CC1)NC1CCc2nc(COC)nn2C1. The van der Waals surface area contributed by atoms with Crippen molar-refractivity contribution in [1.29, 1.82) is 0 Å². The van der Waals surface area contributed by atoms with Gasteiger partial charge >= 0.3 is 0 Å². The summed E-state index contributed by atoms with van der Waals surface area (Å²) < 4.78 is 7.18. The van der Waals surface area contributed by atoms with Crippen LogP contribution in [0.5, 0.6) is 0 Å². The molecule has 2 unspecified atom stereocenters. The second-order valence-electron chi connectivity index (χ2n) is 9.04. The van der Waals surface area contributed by atoms with E-state index in [1.54, 1.807) is 7.11 Å². The normalized spacial score (nSPS) is 21.2. The largest absolute Gasteiger partial charge is 0.377 e. The number of nitrogens with zero attached hydrogens (tertiary/aromatic N) is 5.